The molecule has 0 fully saturated rings. The molecule has 0 aromatic heterocycles. The number of nitrogens with one attached hydrogen (secondary N) is 2. The van der Waals surface area contributed by atoms with Crippen molar-refractivity contribution in [2.24, 2.45) is 4.99 Å². The Labute approximate surface area is 112 Å². The summed E-state index contributed by atoms with van der Waals surface area (Å²) in [7, 11) is 0. The lowest BCUT2D eigenvalue weighted by molar-refractivity contribution is 0.223. The molecule has 0 aliphatic carbocycles. The number of aliphatic imine (C=N–C) groups is 1. The highest BCUT2D eigenvalue weighted by atomic mass is 35.5. The minimum absolute atomic E-state index is 0.0672. The van der Waals surface area contributed by atoms with Crippen LogP contribution in [0.4, 0.5) is 0 Å². The number of halogens is 1. The van der Waals surface area contributed by atoms with Crippen LogP contribution in [0.1, 0.15) is 13.3 Å². The lowest BCUT2D eigenvalue weighted by Crippen LogP contribution is -2.44. The number of hydrogen-bond acceptors (Lipinski definition) is 4. The van der Waals surface area contributed by atoms with E-state index >= 15 is 0 Å². The molecule has 98 valence electrons. The van der Waals surface area contributed by atoms with E-state index in [1.807, 2.05) is 31.2 Å². The van der Waals surface area contributed by atoms with Gasteiger partial charge in [-0.15, -0.1) is 0 Å². The Bertz CT molecular complexity index is 405. The third-order valence-electron chi connectivity index (χ3n) is 2.61. The van der Waals surface area contributed by atoms with Crippen molar-refractivity contribution in [2.45, 2.75) is 19.4 Å². The van der Waals surface area contributed by atoms with Gasteiger partial charge in [0.25, 0.3) is 0 Å². The van der Waals surface area contributed by atoms with Gasteiger partial charge in [0, 0.05) is 18.1 Å². The Morgan fingerprint density at radius 3 is 2.89 bits per heavy atom. The Hall–Kier alpha value is -1.42. The number of hydrogen-bond donors (Lipinski definition) is 2. The van der Waals surface area contributed by atoms with Crippen LogP contribution in [0.5, 0.6) is 5.75 Å². The molecule has 1 aromatic rings. The summed E-state index contributed by atoms with van der Waals surface area (Å²) in [6, 6.07) is 7.39. The molecule has 1 aromatic carbocycles. The average molecular weight is 268 g/mol. The summed E-state index contributed by atoms with van der Waals surface area (Å²) >= 11 is 5.82. The van der Waals surface area contributed by atoms with Gasteiger partial charge in [-0.25, -0.2) is 0 Å². The van der Waals surface area contributed by atoms with Crippen LogP contribution in [0.15, 0.2) is 29.3 Å². The molecule has 5 heteroatoms. The van der Waals surface area contributed by atoms with Crippen molar-refractivity contribution in [3.63, 3.8) is 0 Å². The Morgan fingerprint density at radius 2 is 2.22 bits per heavy atom. The highest BCUT2D eigenvalue weighted by molar-refractivity contribution is 6.30. The second-order valence-corrected chi connectivity index (χ2v) is 4.71. The molecule has 0 bridgehead atoms. The molecule has 0 saturated carbocycles. The van der Waals surface area contributed by atoms with E-state index in [0.717, 1.165) is 31.2 Å². The lowest BCUT2D eigenvalue weighted by Gasteiger charge is -2.19. The molecule has 1 heterocycles. The van der Waals surface area contributed by atoms with E-state index in [4.69, 9.17) is 16.3 Å². The summed E-state index contributed by atoms with van der Waals surface area (Å²) in [6.45, 7) is 4.61. The normalized spacial score (nSPS) is 16.4. The largest absolute Gasteiger partial charge is 0.489 e. The van der Waals surface area contributed by atoms with Crippen LogP contribution in [0.3, 0.4) is 0 Å². The standard InChI is InChI=1S/C13H18ClN3O/c1-10(9-17-13-15-7-2-8-16-13)18-12-5-3-11(14)4-6-12/h3-6,10H,2,7-9H2,1H3,(H2,15,16,17). The van der Waals surface area contributed by atoms with Crippen LogP contribution >= 0.6 is 11.6 Å². The molecule has 1 atom stereocenters. The number of benzene rings is 1. The molecule has 0 amide bonds. The molecule has 1 aliphatic heterocycles. The Kier molecular flexibility index (Phi) is 4.70. The molecule has 0 radical (unpaired) electrons. The van der Waals surface area contributed by atoms with Gasteiger partial charge in [0.2, 0.25) is 0 Å². The maximum Gasteiger partial charge on any atom is 0.191 e. The van der Waals surface area contributed by atoms with E-state index in [9.17, 15) is 0 Å². The smallest absolute Gasteiger partial charge is 0.191 e. The van der Waals surface area contributed by atoms with E-state index in [1.165, 1.54) is 0 Å². The highest BCUT2D eigenvalue weighted by Crippen LogP contribution is 2.16. The minimum atomic E-state index is 0.0672. The average Bonchev–Trinajstić information content (AvgIpc) is 2.40. The topological polar surface area (TPSA) is 45.7 Å². The molecule has 1 aliphatic rings. The van der Waals surface area contributed by atoms with Crippen molar-refractivity contribution in [1.29, 1.82) is 0 Å². The molecule has 2 rings (SSSR count). The summed E-state index contributed by atoms with van der Waals surface area (Å²) in [5.74, 6) is 1.69. The third-order valence-corrected chi connectivity index (χ3v) is 2.86. The third kappa shape index (κ3) is 4.11. The predicted octanol–water partition coefficient (Wildman–Crippen LogP) is 2.05. The second-order valence-electron chi connectivity index (χ2n) is 4.27. The summed E-state index contributed by atoms with van der Waals surface area (Å²) in [5, 5.41) is 7.17. The first-order chi connectivity index (χ1) is 8.74. The minimum Gasteiger partial charge on any atom is -0.489 e. The van der Waals surface area contributed by atoms with Gasteiger partial charge < -0.3 is 15.4 Å². The van der Waals surface area contributed by atoms with E-state index in [0.29, 0.717) is 11.6 Å². The van der Waals surface area contributed by atoms with Gasteiger partial charge in [-0.05, 0) is 37.6 Å². The quantitative estimate of drug-likeness (QED) is 0.878. The van der Waals surface area contributed by atoms with Gasteiger partial charge in [0.1, 0.15) is 11.9 Å². The fourth-order valence-electron chi connectivity index (χ4n) is 1.68. The zero-order valence-corrected chi connectivity index (χ0v) is 11.2. The van der Waals surface area contributed by atoms with Crippen LogP contribution in [-0.2, 0) is 0 Å². The molecule has 18 heavy (non-hydrogen) atoms. The van der Waals surface area contributed by atoms with Crippen molar-refractivity contribution in [3.05, 3.63) is 29.3 Å². The zero-order valence-electron chi connectivity index (χ0n) is 10.4. The first-order valence-corrected chi connectivity index (χ1v) is 6.56. The Balaban J connectivity index is 1.76. The SMILES string of the molecule is CC(CNC1=NCCCN1)Oc1ccc(Cl)cc1. The van der Waals surface area contributed by atoms with Crippen molar-refractivity contribution >= 4 is 17.6 Å². The van der Waals surface area contributed by atoms with Crippen LogP contribution < -0.4 is 15.4 Å². The van der Waals surface area contributed by atoms with Crippen LogP contribution in [0.25, 0.3) is 0 Å². The molecule has 0 saturated heterocycles. The predicted molar refractivity (Wildman–Crippen MR) is 74.5 cm³/mol. The summed E-state index contributed by atoms with van der Waals surface area (Å²) in [6.07, 6.45) is 1.17. The monoisotopic (exact) mass is 267 g/mol. The zero-order chi connectivity index (χ0) is 12.8. The van der Waals surface area contributed by atoms with E-state index in [1.54, 1.807) is 0 Å². The molecule has 0 spiro atoms. The first kappa shape index (κ1) is 13.0. The van der Waals surface area contributed by atoms with Gasteiger partial charge >= 0.3 is 0 Å². The molecule has 2 N–H and O–H groups in total. The van der Waals surface area contributed by atoms with E-state index in [2.05, 4.69) is 15.6 Å². The van der Waals surface area contributed by atoms with Gasteiger partial charge in [-0.2, -0.15) is 0 Å². The molecular weight excluding hydrogens is 250 g/mol. The molecule has 4 nitrogen and oxygen atoms in total. The van der Waals surface area contributed by atoms with E-state index < -0.39 is 0 Å². The molecule has 1 unspecified atom stereocenters. The maximum atomic E-state index is 5.82. The summed E-state index contributed by atoms with van der Waals surface area (Å²) in [4.78, 5) is 4.34. The number of ether oxygens (including phenoxy) is 1. The van der Waals surface area contributed by atoms with Gasteiger partial charge in [-0.3, -0.25) is 4.99 Å². The van der Waals surface area contributed by atoms with Gasteiger partial charge in [0.15, 0.2) is 5.96 Å². The van der Waals surface area contributed by atoms with Crippen LogP contribution in [0, 0.1) is 0 Å². The van der Waals surface area contributed by atoms with Crippen molar-refractivity contribution < 1.29 is 4.74 Å². The maximum absolute atomic E-state index is 5.82. The lowest BCUT2D eigenvalue weighted by atomic mass is 10.3. The molecular formula is C13H18ClN3O. The van der Waals surface area contributed by atoms with Gasteiger partial charge in [-0.1, -0.05) is 11.6 Å². The highest BCUT2D eigenvalue weighted by Gasteiger charge is 2.07. The van der Waals surface area contributed by atoms with Crippen LogP contribution in [-0.4, -0.2) is 31.7 Å². The number of nitrogens with zero attached hydrogens (tertiary/aromatic N) is 1. The van der Waals surface area contributed by atoms with E-state index in [-0.39, 0.29) is 6.10 Å². The van der Waals surface area contributed by atoms with Crippen molar-refractivity contribution in [3.8, 4) is 5.75 Å². The fraction of sp³-hybridized carbons (Fsp3) is 0.462. The van der Waals surface area contributed by atoms with Crippen molar-refractivity contribution in [2.75, 3.05) is 19.6 Å². The summed E-state index contributed by atoms with van der Waals surface area (Å²) in [5.41, 5.74) is 0. The van der Waals surface area contributed by atoms with Crippen molar-refractivity contribution in [1.82, 2.24) is 10.6 Å². The van der Waals surface area contributed by atoms with Crippen LogP contribution in [0.2, 0.25) is 5.02 Å². The number of guanidine groups is 1. The van der Waals surface area contributed by atoms with Gasteiger partial charge in [0.05, 0.1) is 6.54 Å². The second kappa shape index (κ2) is 6.50. The fourth-order valence-corrected chi connectivity index (χ4v) is 1.80. The Morgan fingerprint density at radius 1 is 1.44 bits per heavy atom. The summed E-state index contributed by atoms with van der Waals surface area (Å²) < 4.78 is 5.76. The first-order valence-electron chi connectivity index (χ1n) is 6.18. The number of rotatable bonds is 4.